The molecule has 0 spiro atoms. The summed E-state index contributed by atoms with van der Waals surface area (Å²) in [7, 11) is 2.15. The average Bonchev–Trinajstić information content (AvgIpc) is 2.51. The quantitative estimate of drug-likeness (QED) is 0.698. The van der Waals surface area contributed by atoms with Crippen molar-refractivity contribution >= 4 is 0 Å². The third-order valence-corrected chi connectivity index (χ3v) is 2.71. The van der Waals surface area contributed by atoms with Gasteiger partial charge in [0.15, 0.2) is 0 Å². The van der Waals surface area contributed by atoms with Crippen LogP contribution in [-0.2, 0) is 4.74 Å². The summed E-state index contributed by atoms with van der Waals surface area (Å²) in [4.78, 5) is 2.32. The lowest BCUT2D eigenvalue weighted by Crippen LogP contribution is -2.44. The van der Waals surface area contributed by atoms with Crippen LogP contribution >= 0.6 is 0 Å². The maximum absolute atomic E-state index is 5.91. The van der Waals surface area contributed by atoms with E-state index in [1.165, 1.54) is 6.42 Å². The Balaban J connectivity index is 2.39. The van der Waals surface area contributed by atoms with Crippen LogP contribution in [0.25, 0.3) is 0 Å². The Morgan fingerprint density at radius 3 is 2.50 bits per heavy atom. The zero-order valence-electron chi connectivity index (χ0n) is 10.1. The van der Waals surface area contributed by atoms with Crippen molar-refractivity contribution in [3.05, 3.63) is 0 Å². The molecule has 1 fully saturated rings. The summed E-state index contributed by atoms with van der Waals surface area (Å²) >= 11 is 0. The highest BCUT2D eigenvalue weighted by Crippen LogP contribution is 2.16. The van der Waals surface area contributed by atoms with Crippen LogP contribution < -0.4 is 5.32 Å². The fourth-order valence-electron chi connectivity index (χ4n) is 1.88. The minimum Gasteiger partial charge on any atom is -0.358 e. The van der Waals surface area contributed by atoms with Crippen LogP contribution in [0.1, 0.15) is 34.1 Å². The molecule has 1 rings (SSSR count). The van der Waals surface area contributed by atoms with E-state index in [4.69, 9.17) is 4.74 Å². The van der Waals surface area contributed by atoms with Crippen LogP contribution in [0, 0.1) is 0 Å². The van der Waals surface area contributed by atoms with Crippen molar-refractivity contribution in [1.82, 2.24) is 10.2 Å². The molecule has 0 aromatic carbocycles. The predicted molar refractivity (Wildman–Crippen MR) is 59.3 cm³/mol. The summed E-state index contributed by atoms with van der Waals surface area (Å²) in [6.45, 7) is 10.7. The van der Waals surface area contributed by atoms with Gasteiger partial charge >= 0.3 is 0 Å². The fourth-order valence-corrected chi connectivity index (χ4v) is 1.88. The molecule has 2 atom stereocenters. The number of likely N-dealkylation sites (N-methyl/N-ethyl adjacent to an activating group) is 1. The average molecular weight is 200 g/mol. The zero-order chi connectivity index (χ0) is 10.8. The third-order valence-electron chi connectivity index (χ3n) is 2.71. The van der Waals surface area contributed by atoms with Gasteiger partial charge in [-0.3, -0.25) is 4.90 Å². The first-order valence-corrected chi connectivity index (χ1v) is 5.50. The maximum Gasteiger partial charge on any atom is 0.108 e. The SMILES string of the molecule is CC(OC(C)(C)C)N(C)[C@@H]1CCNC1. The Bertz CT molecular complexity index is 171. The van der Waals surface area contributed by atoms with E-state index in [0.717, 1.165) is 13.1 Å². The van der Waals surface area contributed by atoms with Crippen molar-refractivity contribution in [3.63, 3.8) is 0 Å². The summed E-state index contributed by atoms with van der Waals surface area (Å²) in [5.74, 6) is 0. The number of hydrogen-bond donors (Lipinski definition) is 1. The van der Waals surface area contributed by atoms with Crippen LogP contribution in [0.2, 0.25) is 0 Å². The highest BCUT2D eigenvalue weighted by Gasteiger charge is 2.25. The molecular formula is C11H24N2O. The van der Waals surface area contributed by atoms with E-state index in [9.17, 15) is 0 Å². The molecule has 1 aliphatic heterocycles. The van der Waals surface area contributed by atoms with E-state index in [1.54, 1.807) is 0 Å². The van der Waals surface area contributed by atoms with E-state index >= 15 is 0 Å². The first kappa shape index (κ1) is 12.0. The lowest BCUT2D eigenvalue weighted by Gasteiger charge is -2.34. The van der Waals surface area contributed by atoms with Crippen molar-refractivity contribution in [2.24, 2.45) is 0 Å². The van der Waals surface area contributed by atoms with Gasteiger partial charge in [-0.2, -0.15) is 0 Å². The van der Waals surface area contributed by atoms with E-state index in [-0.39, 0.29) is 11.8 Å². The minimum atomic E-state index is -0.0558. The lowest BCUT2D eigenvalue weighted by atomic mass is 10.2. The second-order valence-corrected chi connectivity index (χ2v) is 5.14. The molecular weight excluding hydrogens is 176 g/mol. The van der Waals surface area contributed by atoms with Crippen LogP contribution in [0.4, 0.5) is 0 Å². The van der Waals surface area contributed by atoms with E-state index < -0.39 is 0 Å². The summed E-state index contributed by atoms with van der Waals surface area (Å²) in [6.07, 6.45) is 1.42. The molecule has 3 nitrogen and oxygen atoms in total. The smallest absolute Gasteiger partial charge is 0.108 e. The van der Waals surface area contributed by atoms with Gasteiger partial charge in [0.05, 0.1) is 5.60 Å². The van der Waals surface area contributed by atoms with Crippen LogP contribution in [0.5, 0.6) is 0 Å². The molecule has 84 valence electrons. The molecule has 1 saturated heterocycles. The molecule has 14 heavy (non-hydrogen) atoms. The molecule has 0 radical (unpaired) electrons. The summed E-state index contributed by atoms with van der Waals surface area (Å²) in [6, 6.07) is 0.632. The highest BCUT2D eigenvalue weighted by atomic mass is 16.5. The van der Waals surface area contributed by atoms with Gasteiger partial charge in [-0.05, 0) is 47.7 Å². The molecule has 3 heteroatoms. The number of nitrogens with zero attached hydrogens (tertiary/aromatic N) is 1. The van der Waals surface area contributed by atoms with Crippen LogP contribution in [0.15, 0.2) is 0 Å². The highest BCUT2D eigenvalue weighted by molar-refractivity contribution is 4.80. The number of nitrogens with one attached hydrogen (secondary N) is 1. The minimum absolute atomic E-state index is 0.0558. The molecule has 1 unspecified atom stereocenters. The summed E-state index contributed by atoms with van der Waals surface area (Å²) in [5.41, 5.74) is -0.0558. The topological polar surface area (TPSA) is 24.5 Å². The van der Waals surface area contributed by atoms with Crippen molar-refractivity contribution in [1.29, 1.82) is 0 Å². The molecule has 0 bridgehead atoms. The van der Waals surface area contributed by atoms with Crippen molar-refractivity contribution < 1.29 is 4.74 Å². The van der Waals surface area contributed by atoms with Gasteiger partial charge in [0.1, 0.15) is 6.23 Å². The Kier molecular flexibility index (Phi) is 3.93. The maximum atomic E-state index is 5.91. The molecule has 1 N–H and O–H groups in total. The number of hydrogen-bond acceptors (Lipinski definition) is 3. The van der Waals surface area contributed by atoms with Gasteiger partial charge in [-0.1, -0.05) is 0 Å². The summed E-state index contributed by atoms with van der Waals surface area (Å²) < 4.78 is 5.91. The van der Waals surface area contributed by atoms with Crippen molar-refractivity contribution in [2.75, 3.05) is 20.1 Å². The molecule has 0 aromatic heterocycles. The van der Waals surface area contributed by atoms with Gasteiger partial charge < -0.3 is 10.1 Å². The second kappa shape index (κ2) is 4.60. The van der Waals surface area contributed by atoms with Gasteiger partial charge in [-0.25, -0.2) is 0 Å². The van der Waals surface area contributed by atoms with Gasteiger partial charge in [-0.15, -0.1) is 0 Å². The molecule has 0 aromatic rings. The molecule has 0 saturated carbocycles. The first-order valence-electron chi connectivity index (χ1n) is 5.50. The predicted octanol–water partition coefficient (Wildman–Crippen LogP) is 1.44. The van der Waals surface area contributed by atoms with Crippen LogP contribution in [0.3, 0.4) is 0 Å². The second-order valence-electron chi connectivity index (χ2n) is 5.14. The van der Waals surface area contributed by atoms with Crippen molar-refractivity contribution in [2.45, 2.75) is 52.0 Å². The van der Waals surface area contributed by atoms with E-state index in [1.807, 2.05) is 0 Å². The molecule has 1 heterocycles. The zero-order valence-corrected chi connectivity index (χ0v) is 10.1. The normalized spacial score (nSPS) is 25.7. The first-order chi connectivity index (χ1) is 6.40. The monoisotopic (exact) mass is 200 g/mol. The van der Waals surface area contributed by atoms with Crippen molar-refractivity contribution in [3.8, 4) is 0 Å². The van der Waals surface area contributed by atoms with Gasteiger partial charge in [0, 0.05) is 12.6 Å². The number of rotatable bonds is 3. The summed E-state index contributed by atoms with van der Waals surface area (Å²) in [5, 5.41) is 3.37. The Labute approximate surface area is 87.8 Å². The lowest BCUT2D eigenvalue weighted by molar-refractivity contribution is -0.125. The Morgan fingerprint density at radius 1 is 1.43 bits per heavy atom. The third kappa shape index (κ3) is 3.56. The largest absolute Gasteiger partial charge is 0.358 e. The fraction of sp³-hybridized carbons (Fsp3) is 1.00. The van der Waals surface area contributed by atoms with Gasteiger partial charge in [0.2, 0.25) is 0 Å². The van der Waals surface area contributed by atoms with Gasteiger partial charge in [0.25, 0.3) is 0 Å². The van der Waals surface area contributed by atoms with Crippen LogP contribution in [-0.4, -0.2) is 42.9 Å². The Hall–Kier alpha value is -0.120. The standard InChI is InChI=1S/C11H24N2O/c1-9(14-11(2,3)4)13(5)10-6-7-12-8-10/h9-10,12H,6-8H2,1-5H3/t9?,10-/m1/s1. The molecule has 1 aliphatic rings. The van der Waals surface area contributed by atoms with E-state index in [2.05, 4.69) is 45.0 Å². The van der Waals surface area contributed by atoms with E-state index in [0.29, 0.717) is 6.04 Å². The molecule has 0 aliphatic carbocycles. The number of ether oxygens (including phenoxy) is 1. The Morgan fingerprint density at radius 2 is 2.07 bits per heavy atom. The molecule has 0 amide bonds.